The molecule has 4 aromatic rings. The molecule has 6 nitrogen and oxygen atoms in total. The van der Waals surface area contributed by atoms with Crippen LogP contribution in [0.2, 0.25) is 0 Å². The standard InChI is InChI=1S/C24H20N4O2/c1-28(18-10-4-2-5-11-18)24(29)21-16-26-23(17-25-21)27-20-14-8-9-15-22(20)30-19-12-6-3-7-13-19/h2-17H,1H3,(H,26,27). The van der Waals surface area contributed by atoms with Crippen molar-refractivity contribution in [1.29, 1.82) is 0 Å². The van der Waals surface area contributed by atoms with E-state index in [0.717, 1.165) is 17.1 Å². The van der Waals surface area contributed by atoms with Crippen LogP contribution in [0.1, 0.15) is 10.5 Å². The van der Waals surface area contributed by atoms with Gasteiger partial charge in [0.25, 0.3) is 5.91 Å². The van der Waals surface area contributed by atoms with Crippen LogP contribution < -0.4 is 15.0 Å². The molecule has 4 rings (SSSR count). The van der Waals surface area contributed by atoms with E-state index in [1.54, 1.807) is 11.9 Å². The zero-order valence-corrected chi connectivity index (χ0v) is 16.4. The predicted molar refractivity (Wildman–Crippen MR) is 117 cm³/mol. The number of carbonyl (C=O) groups is 1. The third kappa shape index (κ3) is 4.44. The van der Waals surface area contributed by atoms with E-state index in [2.05, 4.69) is 15.3 Å². The number of benzene rings is 3. The third-order valence-electron chi connectivity index (χ3n) is 4.44. The molecule has 0 fully saturated rings. The lowest BCUT2D eigenvalue weighted by molar-refractivity contribution is 0.0988. The number of para-hydroxylation sites is 4. The quantitative estimate of drug-likeness (QED) is 0.480. The molecule has 148 valence electrons. The molecule has 0 aliphatic heterocycles. The Hall–Kier alpha value is -4.19. The minimum absolute atomic E-state index is 0.229. The van der Waals surface area contributed by atoms with E-state index in [1.807, 2.05) is 84.9 Å². The van der Waals surface area contributed by atoms with Gasteiger partial charge in [0.2, 0.25) is 0 Å². The number of anilines is 3. The van der Waals surface area contributed by atoms with Crippen molar-refractivity contribution < 1.29 is 9.53 Å². The largest absolute Gasteiger partial charge is 0.455 e. The molecule has 0 saturated heterocycles. The smallest absolute Gasteiger partial charge is 0.278 e. The van der Waals surface area contributed by atoms with Gasteiger partial charge in [0.1, 0.15) is 17.3 Å². The first-order valence-corrected chi connectivity index (χ1v) is 9.45. The van der Waals surface area contributed by atoms with Gasteiger partial charge in [-0.05, 0) is 36.4 Å². The van der Waals surface area contributed by atoms with Crippen LogP contribution in [0.25, 0.3) is 0 Å². The van der Waals surface area contributed by atoms with Gasteiger partial charge in [-0.15, -0.1) is 0 Å². The van der Waals surface area contributed by atoms with Gasteiger partial charge in [0.05, 0.1) is 18.1 Å². The summed E-state index contributed by atoms with van der Waals surface area (Å²) in [6.45, 7) is 0. The molecule has 1 heterocycles. The molecule has 30 heavy (non-hydrogen) atoms. The van der Waals surface area contributed by atoms with Crippen LogP contribution in [-0.2, 0) is 0 Å². The van der Waals surface area contributed by atoms with E-state index in [4.69, 9.17) is 4.74 Å². The Morgan fingerprint density at radius 3 is 2.20 bits per heavy atom. The summed E-state index contributed by atoms with van der Waals surface area (Å²) in [7, 11) is 1.71. The molecule has 0 atom stereocenters. The maximum absolute atomic E-state index is 12.7. The van der Waals surface area contributed by atoms with E-state index < -0.39 is 0 Å². The van der Waals surface area contributed by atoms with E-state index >= 15 is 0 Å². The average Bonchev–Trinajstić information content (AvgIpc) is 2.81. The lowest BCUT2D eigenvalue weighted by atomic mass is 10.2. The minimum atomic E-state index is -0.229. The fourth-order valence-corrected chi connectivity index (χ4v) is 2.86. The molecule has 3 aromatic carbocycles. The molecule has 6 heteroatoms. The zero-order valence-electron chi connectivity index (χ0n) is 16.4. The molecule has 0 radical (unpaired) electrons. The second-order valence-corrected chi connectivity index (χ2v) is 6.52. The molecular formula is C24H20N4O2. The van der Waals surface area contributed by atoms with Crippen molar-refractivity contribution in [3.8, 4) is 11.5 Å². The Balaban J connectivity index is 1.49. The molecule has 1 aromatic heterocycles. The second-order valence-electron chi connectivity index (χ2n) is 6.52. The molecule has 1 N–H and O–H groups in total. The highest BCUT2D eigenvalue weighted by molar-refractivity contribution is 6.04. The maximum Gasteiger partial charge on any atom is 0.278 e. The lowest BCUT2D eigenvalue weighted by Crippen LogP contribution is -2.27. The van der Waals surface area contributed by atoms with Crippen LogP contribution in [-0.4, -0.2) is 22.9 Å². The predicted octanol–water partition coefficient (Wildman–Crippen LogP) is 5.29. The lowest BCUT2D eigenvalue weighted by Gasteiger charge is -2.16. The Kier molecular flexibility index (Phi) is 5.66. The van der Waals surface area contributed by atoms with Gasteiger partial charge in [0, 0.05) is 12.7 Å². The monoisotopic (exact) mass is 396 g/mol. The van der Waals surface area contributed by atoms with Crippen molar-refractivity contribution in [1.82, 2.24) is 9.97 Å². The number of nitrogens with one attached hydrogen (secondary N) is 1. The summed E-state index contributed by atoms with van der Waals surface area (Å²) in [5, 5.41) is 3.20. The average molecular weight is 396 g/mol. The SMILES string of the molecule is CN(C(=O)c1cnc(Nc2ccccc2Oc2ccccc2)cn1)c1ccccc1. The van der Waals surface area contributed by atoms with Crippen LogP contribution in [0.4, 0.5) is 17.2 Å². The van der Waals surface area contributed by atoms with Gasteiger partial charge in [-0.3, -0.25) is 4.79 Å². The van der Waals surface area contributed by atoms with Gasteiger partial charge in [-0.1, -0.05) is 48.5 Å². The fraction of sp³-hybridized carbons (Fsp3) is 0.0417. The second kappa shape index (κ2) is 8.87. The summed E-state index contributed by atoms with van der Waals surface area (Å²) < 4.78 is 5.95. The van der Waals surface area contributed by atoms with Crippen LogP contribution in [0.3, 0.4) is 0 Å². The van der Waals surface area contributed by atoms with E-state index in [-0.39, 0.29) is 11.6 Å². The van der Waals surface area contributed by atoms with Gasteiger partial charge >= 0.3 is 0 Å². The molecule has 0 bridgehead atoms. The van der Waals surface area contributed by atoms with Crippen molar-refractivity contribution in [3.05, 3.63) is 103 Å². The highest BCUT2D eigenvalue weighted by atomic mass is 16.5. The minimum Gasteiger partial charge on any atom is -0.455 e. The Morgan fingerprint density at radius 2 is 1.50 bits per heavy atom. The summed E-state index contributed by atoms with van der Waals surface area (Å²) in [5.74, 6) is 1.68. The molecule has 1 amide bonds. The van der Waals surface area contributed by atoms with Crippen LogP contribution >= 0.6 is 0 Å². The summed E-state index contributed by atoms with van der Waals surface area (Å²) in [5.41, 5.74) is 1.80. The summed E-state index contributed by atoms with van der Waals surface area (Å²) in [6.07, 6.45) is 3.00. The number of hydrogen-bond donors (Lipinski definition) is 1. The number of ether oxygens (including phenoxy) is 1. The van der Waals surface area contributed by atoms with Gasteiger partial charge in [0.15, 0.2) is 5.75 Å². The topological polar surface area (TPSA) is 67.4 Å². The first kappa shape index (κ1) is 19.1. The Bertz CT molecular complexity index is 1120. The highest BCUT2D eigenvalue weighted by Crippen LogP contribution is 2.30. The number of rotatable bonds is 6. The number of carbonyl (C=O) groups excluding carboxylic acids is 1. The molecule has 0 aliphatic carbocycles. The maximum atomic E-state index is 12.7. The highest BCUT2D eigenvalue weighted by Gasteiger charge is 2.15. The van der Waals surface area contributed by atoms with Crippen molar-refractivity contribution in [2.75, 3.05) is 17.3 Å². The van der Waals surface area contributed by atoms with Crippen LogP contribution in [0.15, 0.2) is 97.3 Å². The van der Waals surface area contributed by atoms with E-state index in [0.29, 0.717) is 11.6 Å². The first-order chi connectivity index (χ1) is 14.7. The molecular weight excluding hydrogens is 376 g/mol. The van der Waals surface area contributed by atoms with E-state index in [9.17, 15) is 4.79 Å². The van der Waals surface area contributed by atoms with Crippen molar-refractivity contribution in [3.63, 3.8) is 0 Å². The Labute approximate surface area is 174 Å². The summed E-state index contributed by atoms with van der Waals surface area (Å²) >= 11 is 0. The van der Waals surface area contributed by atoms with Crippen molar-refractivity contribution >= 4 is 23.1 Å². The van der Waals surface area contributed by atoms with Gasteiger partial charge < -0.3 is 15.0 Å². The number of amides is 1. The normalized spacial score (nSPS) is 10.3. The Morgan fingerprint density at radius 1 is 0.833 bits per heavy atom. The molecule has 0 unspecified atom stereocenters. The van der Waals surface area contributed by atoms with E-state index in [1.165, 1.54) is 12.4 Å². The van der Waals surface area contributed by atoms with Crippen LogP contribution in [0.5, 0.6) is 11.5 Å². The number of aromatic nitrogens is 2. The fourth-order valence-electron chi connectivity index (χ4n) is 2.86. The number of nitrogens with zero attached hydrogens (tertiary/aromatic N) is 3. The van der Waals surface area contributed by atoms with Crippen molar-refractivity contribution in [2.24, 2.45) is 0 Å². The van der Waals surface area contributed by atoms with Gasteiger partial charge in [-0.25, -0.2) is 9.97 Å². The molecule has 0 saturated carbocycles. The zero-order chi connectivity index (χ0) is 20.8. The van der Waals surface area contributed by atoms with Crippen molar-refractivity contribution in [2.45, 2.75) is 0 Å². The number of hydrogen-bond acceptors (Lipinski definition) is 5. The van der Waals surface area contributed by atoms with Crippen LogP contribution in [0, 0.1) is 0 Å². The van der Waals surface area contributed by atoms with Gasteiger partial charge in [-0.2, -0.15) is 0 Å². The molecule has 0 aliphatic rings. The third-order valence-corrected chi connectivity index (χ3v) is 4.44. The summed E-state index contributed by atoms with van der Waals surface area (Å²) in [6, 6.07) is 26.5. The first-order valence-electron chi connectivity index (χ1n) is 9.45. The molecule has 0 spiro atoms. The summed E-state index contributed by atoms with van der Waals surface area (Å²) in [4.78, 5) is 22.8.